The van der Waals surface area contributed by atoms with Gasteiger partial charge in [0.25, 0.3) is 0 Å². The number of amidine groups is 2. The first kappa shape index (κ1) is 44.0. The Bertz CT molecular complexity index is 1300. The van der Waals surface area contributed by atoms with Crippen LogP contribution in [0.3, 0.4) is 0 Å². The number of fused-ring (bicyclic) bond motifs is 5. The van der Waals surface area contributed by atoms with Gasteiger partial charge < -0.3 is 41.0 Å². The van der Waals surface area contributed by atoms with E-state index in [4.69, 9.17) is 37.2 Å². The van der Waals surface area contributed by atoms with E-state index >= 15 is 0 Å². The number of rotatable bonds is 7. The van der Waals surface area contributed by atoms with Crippen LogP contribution >= 0.6 is 12.4 Å². The standard InChI is InChI=1S/C30H51N5O6.C5H12N4.ClH/c1-16(7-10-24(38)40-6)19-8-9-20-25-21(15-23(37)30(19,20)3)29(2)12-11-18(13-17(29)14-22(25)36)41-28(39)34-26(31)33-27(32)35(4)5;1-9(2)5(8)3-4(6)7;/h16-23,25,36-37H,7-15H2,1-6H3,(H4,31,32,33,34,39);8H,3H2,1-2H3,(H3,6,7);1H/t16-,17+,18-,19-,20+,21+,22-,23+,25+,29+,30-;;/m1../s1. The molecule has 10 N–H and O–H groups in total. The highest BCUT2D eigenvalue weighted by Crippen LogP contribution is 2.68. The lowest BCUT2D eigenvalue weighted by molar-refractivity contribution is -0.206. The topological polar surface area (TPSA) is 248 Å². The van der Waals surface area contributed by atoms with Crippen LogP contribution in [0.15, 0.2) is 4.99 Å². The fourth-order valence-electron chi connectivity index (χ4n) is 9.74. The van der Waals surface area contributed by atoms with Gasteiger partial charge in [-0.25, -0.2) is 4.79 Å². The molecule has 4 rings (SSSR count). The lowest BCUT2D eigenvalue weighted by Crippen LogP contribution is -2.62. The van der Waals surface area contributed by atoms with Crippen molar-refractivity contribution in [3.8, 4) is 0 Å². The second-order valence-corrected chi connectivity index (χ2v) is 15.9. The zero-order valence-corrected chi connectivity index (χ0v) is 32.5. The maximum atomic E-state index is 12.5. The van der Waals surface area contributed by atoms with Gasteiger partial charge in [-0.1, -0.05) is 20.8 Å². The number of amides is 1. The Balaban J connectivity index is 0.000000796. The van der Waals surface area contributed by atoms with E-state index in [-0.39, 0.29) is 89.1 Å². The Labute approximate surface area is 309 Å². The first-order chi connectivity index (χ1) is 23.3. The Hall–Kier alpha value is -3.17. The van der Waals surface area contributed by atoms with Crippen LogP contribution in [0.5, 0.6) is 0 Å². The van der Waals surface area contributed by atoms with Crippen molar-refractivity contribution in [3.63, 3.8) is 0 Å². The molecule has 0 aromatic rings. The fraction of sp³-hybridized carbons (Fsp3) is 0.829. The van der Waals surface area contributed by atoms with Gasteiger partial charge in [0.05, 0.1) is 31.6 Å². The van der Waals surface area contributed by atoms with E-state index in [9.17, 15) is 19.8 Å². The number of hydrogen-bond donors (Lipinski definition) is 8. The summed E-state index contributed by atoms with van der Waals surface area (Å²) in [6.07, 6.45) is 4.97. The molecule has 11 atom stereocenters. The van der Waals surface area contributed by atoms with E-state index < -0.39 is 18.3 Å². The maximum absolute atomic E-state index is 12.5. The fourth-order valence-corrected chi connectivity index (χ4v) is 9.74. The van der Waals surface area contributed by atoms with Crippen LogP contribution < -0.4 is 16.8 Å². The van der Waals surface area contributed by atoms with Gasteiger partial charge in [-0.2, -0.15) is 4.99 Å². The number of aliphatic hydroxyl groups is 2. The van der Waals surface area contributed by atoms with E-state index in [1.807, 2.05) is 0 Å². The summed E-state index contributed by atoms with van der Waals surface area (Å²) >= 11 is 0. The van der Waals surface area contributed by atoms with Crippen molar-refractivity contribution in [1.29, 1.82) is 16.2 Å². The van der Waals surface area contributed by atoms with Crippen molar-refractivity contribution in [2.24, 2.45) is 62.8 Å². The second-order valence-electron chi connectivity index (χ2n) is 15.9. The molecule has 15 nitrogen and oxygen atoms in total. The van der Waals surface area contributed by atoms with Crippen molar-refractivity contribution < 1.29 is 29.3 Å². The minimum Gasteiger partial charge on any atom is -0.469 e. The molecule has 0 radical (unpaired) electrons. The molecule has 16 heteroatoms. The predicted octanol–water partition coefficient (Wildman–Crippen LogP) is 3.36. The maximum Gasteiger partial charge on any atom is 0.414 e. The molecule has 0 bridgehead atoms. The molecule has 4 saturated carbocycles. The van der Waals surface area contributed by atoms with Gasteiger partial charge in [-0.15, -0.1) is 12.4 Å². The lowest BCUT2D eigenvalue weighted by Gasteiger charge is -2.63. The Morgan fingerprint density at radius 2 is 1.65 bits per heavy atom. The smallest absolute Gasteiger partial charge is 0.414 e. The normalized spacial score (nSPS) is 34.4. The van der Waals surface area contributed by atoms with Gasteiger partial charge in [0.2, 0.25) is 11.9 Å². The summed E-state index contributed by atoms with van der Waals surface area (Å²) in [4.78, 5) is 31.2. The van der Waals surface area contributed by atoms with Crippen LogP contribution in [0, 0.1) is 62.6 Å². The number of nitrogens with zero attached hydrogens (tertiary/aromatic N) is 3. The number of methoxy groups -OCH3 is 1. The summed E-state index contributed by atoms with van der Waals surface area (Å²) in [7, 11) is 8.25. The van der Waals surface area contributed by atoms with E-state index in [0.717, 1.165) is 25.7 Å². The average molecular weight is 742 g/mol. The van der Waals surface area contributed by atoms with Crippen LogP contribution in [-0.4, -0.2) is 109 Å². The third-order valence-electron chi connectivity index (χ3n) is 12.6. The highest BCUT2D eigenvalue weighted by molar-refractivity contribution is 5.99. The zero-order valence-electron chi connectivity index (χ0n) is 31.7. The minimum absolute atomic E-state index is 0. The molecular formula is C35H64ClN9O6. The van der Waals surface area contributed by atoms with E-state index in [0.29, 0.717) is 43.9 Å². The Morgan fingerprint density at radius 1 is 1.00 bits per heavy atom. The van der Waals surface area contributed by atoms with Gasteiger partial charge in [0.15, 0.2) is 0 Å². The third kappa shape index (κ3) is 10.0. The van der Waals surface area contributed by atoms with Crippen molar-refractivity contribution in [2.75, 3.05) is 35.3 Å². The van der Waals surface area contributed by atoms with Gasteiger partial charge in [0, 0.05) is 34.6 Å². The lowest BCUT2D eigenvalue weighted by atomic mass is 9.43. The average Bonchev–Trinajstić information content (AvgIpc) is 3.38. The van der Waals surface area contributed by atoms with Gasteiger partial charge >= 0.3 is 12.1 Å². The Morgan fingerprint density at radius 3 is 2.20 bits per heavy atom. The highest BCUT2D eigenvalue weighted by Gasteiger charge is 2.65. The zero-order chi connectivity index (χ0) is 37.7. The minimum atomic E-state index is -0.692. The molecule has 4 aliphatic rings. The number of carbonyl (C=O) groups is 2. The number of nitrogens with two attached hydrogens (primary N) is 2. The first-order valence-corrected chi connectivity index (χ1v) is 17.8. The van der Waals surface area contributed by atoms with Gasteiger partial charge in [0.1, 0.15) is 11.9 Å². The van der Waals surface area contributed by atoms with E-state index in [2.05, 4.69) is 31.1 Å². The monoisotopic (exact) mass is 741 g/mol. The van der Waals surface area contributed by atoms with Crippen LogP contribution in [0.2, 0.25) is 0 Å². The molecular weight excluding hydrogens is 678 g/mol. The summed E-state index contributed by atoms with van der Waals surface area (Å²) in [6, 6.07) is 0. The molecule has 1 amide bonds. The van der Waals surface area contributed by atoms with Crippen molar-refractivity contribution in [1.82, 2.24) is 15.1 Å². The number of guanidine groups is 2. The number of aliphatic imine (C=N–C) groups is 1. The number of esters is 1. The number of alkyl carbamates (subject to hydrolysis) is 1. The molecule has 0 aromatic carbocycles. The van der Waals surface area contributed by atoms with E-state index in [1.54, 1.807) is 33.1 Å². The molecule has 0 aromatic heterocycles. The van der Waals surface area contributed by atoms with Crippen LogP contribution in [0.1, 0.15) is 85.0 Å². The van der Waals surface area contributed by atoms with Crippen molar-refractivity contribution in [2.45, 2.75) is 103 Å². The Kier molecular flexibility index (Phi) is 15.6. The molecule has 0 saturated heterocycles. The summed E-state index contributed by atoms with van der Waals surface area (Å²) in [5, 5.41) is 47.6. The third-order valence-corrected chi connectivity index (χ3v) is 12.6. The molecule has 4 fully saturated rings. The number of hydrogen-bond acceptors (Lipinski definition) is 9. The number of nitrogens with one attached hydrogen (secondary N) is 4. The molecule has 4 aliphatic carbocycles. The second kappa shape index (κ2) is 18.0. The summed E-state index contributed by atoms with van der Waals surface area (Å²) in [6.45, 7) is 6.73. The number of halogens is 1. The molecule has 292 valence electrons. The molecule has 51 heavy (non-hydrogen) atoms. The van der Waals surface area contributed by atoms with Gasteiger partial charge in [-0.3, -0.25) is 26.3 Å². The highest BCUT2D eigenvalue weighted by atomic mass is 35.5. The van der Waals surface area contributed by atoms with Crippen LogP contribution in [0.4, 0.5) is 4.79 Å². The summed E-state index contributed by atoms with van der Waals surface area (Å²) < 4.78 is 10.6. The number of carbonyl (C=O) groups excluding carboxylic acids is 2. The van der Waals surface area contributed by atoms with Crippen molar-refractivity contribution in [3.05, 3.63) is 0 Å². The quantitative estimate of drug-likeness (QED) is 0.107. The molecule has 0 spiro atoms. The van der Waals surface area contributed by atoms with Crippen LogP contribution in [-0.2, 0) is 14.3 Å². The molecule has 0 heterocycles. The summed E-state index contributed by atoms with van der Waals surface area (Å²) in [5.41, 5.74) is 10.5. The number of ether oxygens (including phenoxy) is 2. The number of aliphatic hydroxyl groups excluding tert-OH is 2. The summed E-state index contributed by atoms with van der Waals surface area (Å²) in [5.74, 6) is 1.24. The molecule has 0 unspecified atom stereocenters. The molecule has 0 aliphatic heterocycles. The largest absolute Gasteiger partial charge is 0.469 e. The SMILES string of the molecule is CN(C)C(=N)CC(=N)N.COC(=O)CC[C@@H](C)[C@H]1CC[C@H]2[C@@H]3[C@H](O)C[C@@H]4C[C@H](OC(=O)NC(N)=NC(=N)N(C)C)CC[C@]4(C)[C@H]3C[C@H](O)[C@]12C.Cl. The predicted molar refractivity (Wildman–Crippen MR) is 200 cm³/mol. The van der Waals surface area contributed by atoms with Crippen LogP contribution in [0.25, 0.3) is 0 Å². The van der Waals surface area contributed by atoms with Gasteiger partial charge in [-0.05, 0) is 97.7 Å². The van der Waals surface area contributed by atoms with Crippen molar-refractivity contribution >= 4 is 48.1 Å². The van der Waals surface area contributed by atoms with E-state index in [1.165, 1.54) is 12.0 Å². The first-order valence-electron chi connectivity index (χ1n) is 17.8.